The Labute approximate surface area is 147 Å². The molecule has 118 valence electrons. The molecule has 0 aliphatic heterocycles. The average molecular weight is 319 g/mol. The minimum Gasteiger partial charge on any atom is -0.192 e. The molecule has 0 radical (unpaired) electrons. The molecule has 0 aromatic heterocycles. The zero-order chi connectivity index (χ0) is 17.2. The van der Waals surface area contributed by atoms with Crippen LogP contribution in [0.2, 0.25) is 0 Å². The quantitative estimate of drug-likeness (QED) is 0.239. The Morgan fingerprint density at radius 2 is 1.36 bits per heavy atom. The summed E-state index contributed by atoms with van der Waals surface area (Å²) in [4.78, 5) is 0. The van der Waals surface area contributed by atoms with Crippen LogP contribution in [0.1, 0.15) is 16.7 Å². The van der Waals surface area contributed by atoms with Crippen LogP contribution < -0.4 is 0 Å². The van der Waals surface area contributed by atoms with Gasteiger partial charge in [-0.2, -0.15) is 5.26 Å². The van der Waals surface area contributed by atoms with Crippen molar-refractivity contribution in [3.63, 3.8) is 0 Å². The van der Waals surface area contributed by atoms with E-state index in [4.69, 9.17) is 0 Å². The van der Waals surface area contributed by atoms with Gasteiger partial charge in [0.15, 0.2) is 0 Å². The zero-order valence-electron chi connectivity index (χ0n) is 14.0. The summed E-state index contributed by atoms with van der Waals surface area (Å²) in [6.45, 7) is 2.05. The first kappa shape index (κ1) is 15.2. The monoisotopic (exact) mass is 319 g/mol. The molecule has 0 spiro atoms. The second kappa shape index (κ2) is 6.26. The van der Waals surface area contributed by atoms with Crippen LogP contribution >= 0.6 is 0 Å². The van der Waals surface area contributed by atoms with Gasteiger partial charge in [0.25, 0.3) is 0 Å². The van der Waals surface area contributed by atoms with E-state index < -0.39 is 0 Å². The van der Waals surface area contributed by atoms with Gasteiger partial charge in [0.1, 0.15) is 0 Å². The molecule has 0 aliphatic rings. The highest BCUT2D eigenvalue weighted by Crippen LogP contribution is 2.31. The lowest BCUT2D eigenvalue weighted by molar-refractivity contribution is 1.45. The van der Waals surface area contributed by atoms with E-state index in [0.717, 1.165) is 11.1 Å². The van der Waals surface area contributed by atoms with Crippen molar-refractivity contribution in [2.75, 3.05) is 0 Å². The molecular formula is C24H17N. The van der Waals surface area contributed by atoms with Gasteiger partial charge in [0, 0.05) is 0 Å². The third kappa shape index (κ3) is 2.79. The molecule has 1 heteroatoms. The number of hydrogen-bond acceptors (Lipinski definition) is 1. The normalized spacial score (nSPS) is 11.6. The molecule has 4 rings (SSSR count). The van der Waals surface area contributed by atoms with Gasteiger partial charge < -0.3 is 0 Å². The summed E-state index contributed by atoms with van der Waals surface area (Å²) >= 11 is 0. The molecular weight excluding hydrogens is 302 g/mol. The predicted octanol–water partition coefficient (Wildman–Crippen LogP) is 6.37. The first-order valence-electron chi connectivity index (χ1n) is 8.35. The van der Waals surface area contributed by atoms with Crippen molar-refractivity contribution in [3.05, 3.63) is 95.6 Å². The molecule has 0 fully saturated rings. The predicted molar refractivity (Wildman–Crippen MR) is 106 cm³/mol. The molecule has 0 aliphatic carbocycles. The van der Waals surface area contributed by atoms with Crippen molar-refractivity contribution in [1.82, 2.24) is 0 Å². The molecule has 0 atom stereocenters. The van der Waals surface area contributed by atoms with E-state index in [1.807, 2.05) is 42.5 Å². The number of benzene rings is 4. The van der Waals surface area contributed by atoms with Crippen LogP contribution in [-0.2, 0) is 0 Å². The van der Waals surface area contributed by atoms with Gasteiger partial charge in [0.2, 0.25) is 0 Å². The summed E-state index contributed by atoms with van der Waals surface area (Å²) in [5, 5.41) is 14.4. The highest BCUT2D eigenvalue weighted by atomic mass is 14.2. The number of hydrogen-bond donors (Lipinski definition) is 0. The molecule has 0 saturated carbocycles. The Bertz CT molecular complexity index is 1090. The molecule has 0 saturated heterocycles. The van der Waals surface area contributed by atoms with E-state index in [-0.39, 0.29) is 0 Å². The minimum absolute atomic E-state index is 0.682. The Morgan fingerprint density at radius 1 is 0.800 bits per heavy atom. The van der Waals surface area contributed by atoms with Crippen LogP contribution in [0.15, 0.2) is 78.9 Å². The van der Waals surface area contributed by atoms with Gasteiger partial charge in [-0.15, -0.1) is 0 Å². The Morgan fingerprint density at radius 3 is 1.92 bits per heavy atom. The third-order valence-corrected chi connectivity index (χ3v) is 4.58. The number of fused-ring (bicyclic) bond motifs is 2. The summed E-state index contributed by atoms with van der Waals surface area (Å²) in [6.07, 6.45) is 2.02. The van der Waals surface area contributed by atoms with Crippen molar-refractivity contribution in [2.24, 2.45) is 0 Å². The zero-order valence-corrected chi connectivity index (χ0v) is 14.0. The number of nitrogens with zero attached hydrogens (tertiary/aromatic N) is 1. The number of aryl methyl sites for hydroxylation is 1. The van der Waals surface area contributed by atoms with E-state index in [1.165, 1.54) is 27.1 Å². The van der Waals surface area contributed by atoms with E-state index >= 15 is 0 Å². The topological polar surface area (TPSA) is 23.8 Å². The molecule has 0 bridgehead atoms. The Kier molecular flexibility index (Phi) is 3.80. The highest BCUT2D eigenvalue weighted by molar-refractivity contribution is 6.10. The fourth-order valence-electron chi connectivity index (χ4n) is 3.26. The van der Waals surface area contributed by atoms with Crippen LogP contribution in [0.25, 0.3) is 33.2 Å². The lowest BCUT2D eigenvalue weighted by Gasteiger charge is -2.09. The molecule has 4 aromatic rings. The molecule has 1 nitrogen and oxygen atoms in total. The fraction of sp³-hybridized carbons (Fsp3) is 0.0417. The van der Waals surface area contributed by atoms with Crippen molar-refractivity contribution < 1.29 is 0 Å². The first-order valence-corrected chi connectivity index (χ1v) is 8.35. The fourth-order valence-corrected chi connectivity index (χ4v) is 3.26. The van der Waals surface area contributed by atoms with E-state index in [0.29, 0.717) is 5.57 Å². The van der Waals surface area contributed by atoms with Gasteiger partial charge in [0.05, 0.1) is 11.6 Å². The maximum absolute atomic E-state index is 9.74. The van der Waals surface area contributed by atoms with E-state index in [1.54, 1.807) is 0 Å². The smallest absolute Gasteiger partial charge is 0.0998 e. The molecule has 0 heterocycles. The second-order valence-electron chi connectivity index (χ2n) is 6.27. The van der Waals surface area contributed by atoms with Crippen molar-refractivity contribution in [1.29, 1.82) is 5.26 Å². The van der Waals surface area contributed by atoms with Gasteiger partial charge in [-0.3, -0.25) is 0 Å². The second-order valence-corrected chi connectivity index (χ2v) is 6.27. The summed E-state index contributed by atoms with van der Waals surface area (Å²) in [5.41, 5.74) is 3.93. The summed E-state index contributed by atoms with van der Waals surface area (Å²) in [5.74, 6) is 0. The van der Waals surface area contributed by atoms with Crippen LogP contribution in [0.5, 0.6) is 0 Å². The highest BCUT2D eigenvalue weighted by Gasteiger charge is 2.08. The summed E-state index contributed by atoms with van der Waals surface area (Å²) in [7, 11) is 0. The maximum atomic E-state index is 9.74. The SMILES string of the molecule is Cc1ccc(C(C#N)=Cc2c3ccccc3cc3ccccc23)cc1. The van der Waals surface area contributed by atoms with Crippen molar-refractivity contribution in [3.8, 4) is 6.07 Å². The average Bonchev–Trinajstić information content (AvgIpc) is 2.66. The van der Waals surface area contributed by atoms with E-state index in [2.05, 4.69) is 55.5 Å². The molecule has 0 amide bonds. The van der Waals surface area contributed by atoms with Crippen molar-refractivity contribution >= 4 is 33.2 Å². The third-order valence-electron chi connectivity index (χ3n) is 4.58. The van der Waals surface area contributed by atoms with E-state index in [9.17, 15) is 5.26 Å². The first-order chi connectivity index (χ1) is 12.3. The summed E-state index contributed by atoms with van der Waals surface area (Å²) < 4.78 is 0. The molecule has 25 heavy (non-hydrogen) atoms. The van der Waals surface area contributed by atoms with Gasteiger partial charge >= 0.3 is 0 Å². The largest absolute Gasteiger partial charge is 0.192 e. The number of allylic oxidation sites excluding steroid dienone is 1. The molecule has 4 aromatic carbocycles. The minimum atomic E-state index is 0.682. The van der Waals surface area contributed by atoms with Crippen LogP contribution in [-0.4, -0.2) is 0 Å². The van der Waals surface area contributed by atoms with Gasteiger partial charge in [-0.05, 0) is 51.7 Å². The van der Waals surface area contributed by atoms with Crippen LogP contribution in [0.4, 0.5) is 0 Å². The molecule has 0 N–H and O–H groups in total. The van der Waals surface area contributed by atoms with Crippen LogP contribution in [0.3, 0.4) is 0 Å². The Balaban J connectivity index is 2.03. The summed E-state index contributed by atoms with van der Waals surface area (Å²) in [6, 6.07) is 29.4. The van der Waals surface area contributed by atoms with Crippen molar-refractivity contribution in [2.45, 2.75) is 6.92 Å². The number of nitriles is 1. The Hall–Kier alpha value is -3.37. The lowest BCUT2D eigenvalue weighted by atomic mass is 9.94. The van der Waals surface area contributed by atoms with Gasteiger partial charge in [-0.1, -0.05) is 78.4 Å². The standard InChI is InChI=1S/C24H17N/c1-17-10-12-18(13-11-17)21(16-25)15-24-22-8-4-2-6-19(22)14-20-7-3-5-9-23(20)24/h2-15H,1H3. The maximum Gasteiger partial charge on any atom is 0.0998 e. The van der Waals surface area contributed by atoms with Crippen LogP contribution in [0, 0.1) is 18.3 Å². The lowest BCUT2D eigenvalue weighted by Crippen LogP contribution is -1.87. The molecule has 0 unspecified atom stereocenters. The van der Waals surface area contributed by atoms with Gasteiger partial charge in [-0.25, -0.2) is 0 Å². The number of rotatable bonds is 2.